The highest BCUT2D eigenvalue weighted by Gasteiger charge is 2.35. The lowest BCUT2D eigenvalue weighted by Crippen LogP contribution is -2.41. The summed E-state index contributed by atoms with van der Waals surface area (Å²) in [5, 5.41) is 3.05. The first-order valence-corrected chi connectivity index (χ1v) is 5.98. The van der Waals surface area contributed by atoms with Gasteiger partial charge in [0.1, 0.15) is 6.26 Å². The van der Waals surface area contributed by atoms with Crippen LogP contribution >= 0.6 is 0 Å². The van der Waals surface area contributed by atoms with Crippen LogP contribution in [0.4, 0.5) is 0 Å². The highest BCUT2D eigenvalue weighted by Crippen LogP contribution is 2.36. The van der Waals surface area contributed by atoms with Crippen molar-refractivity contribution in [2.75, 3.05) is 0 Å². The lowest BCUT2D eigenvalue weighted by atomic mass is 9.94. The molecule has 1 aliphatic rings. The molecule has 4 heteroatoms. The van der Waals surface area contributed by atoms with E-state index in [0.717, 1.165) is 12.8 Å². The van der Waals surface area contributed by atoms with Crippen LogP contribution in [-0.2, 0) is 12.0 Å². The van der Waals surface area contributed by atoms with E-state index in [9.17, 15) is 4.79 Å². The standard InChI is InChI=1S/C14H14N2O2/c1-14(16-13(17)12-8-18-9-15-12)7-6-10-4-2-3-5-11(10)14/h2-5,8-9H,6-7H2,1H3,(H,16,17). The zero-order chi connectivity index (χ0) is 12.6. The van der Waals surface area contributed by atoms with Crippen LogP contribution < -0.4 is 5.32 Å². The van der Waals surface area contributed by atoms with Crippen LogP contribution in [0.15, 0.2) is 41.3 Å². The lowest BCUT2D eigenvalue weighted by molar-refractivity contribution is 0.0899. The Bertz CT molecular complexity index is 577. The molecular formula is C14H14N2O2. The van der Waals surface area contributed by atoms with Crippen molar-refractivity contribution in [1.29, 1.82) is 0 Å². The summed E-state index contributed by atoms with van der Waals surface area (Å²) in [6, 6.07) is 8.23. The number of amides is 1. The lowest BCUT2D eigenvalue weighted by Gasteiger charge is -2.26. The van der Waals surface area contributed by atoms with Gasteiger partial charge in [-0.3, -0.25) is 4.79 Å². The van der Waals surface area contributed by atoms with Gasteiger partial charge in [0.15, 0.2) is 12.1 Å². The maximum Gasteiger partial charge on any atom is 0.273 e. The molecule has 0 fully saturated rings. The zero-order valence-electron chi connectivity index (χ0n) is 10.1. The average molecular weight is 242 g/mol. The number of hydrogen-bond acceptors (Lipinski definition) is 3. The maximum absolute atomic E-state index is 12.0. The summed E-state index contributed by atoms with van der Waals surface area (Å²) >= 11 is 0. The predicted octanol–water partition coefficient (Wildman–Crippen LogP) is 2.27. The summed E-state index contributed by atoms with van der Waals surface area (Å²) in [4.78, 5) is 15.9. The summed E-state index contributed by atoms with van der Waals surface area (Å²) in [5.74, 6) is -0.192. The second-order valence-corrected chi connectivity index (χ2v) is 4.82. The van der Waals surface area contributed by atoms with Crippen LogP contribution in [0.5, 0.6) is 0 Å². The third kappa shape index (κ3) is 1.70. The Morgan fingerprint density at radius 3 is 3.06 bits per heavy atom. The van der Waals surface area contributed by atoms with Gasteiger partial charge in [-0.2, -0.15) is 0 Å². The molecule has 92 valence electrons. The predicted molar refractivity (Wildman–Crippen MR) is 66.1 cm³/mol. The second kappa shape index (κ2) is 3.98. The van der Waals surface area contributed by atoms with Crippen molar-refractivity contribution in [2.45, 2.75) is 25.3 Å². The smallest absolute Gasteiger partial charge is 0.273 e. The van der Waals surface area contributed by atoms with Crippen LogP contribution in [0.2, 0.25) is 0 Å². The molecule has 1 aromatic heterocycles. The Hall–Kier alpha value is -2.10. The van der Waals surface area contributed by atoms with E-state index in [1.165, 1.54) is 23.8 Å². The quantitative estimate of drug-likeness (QED) is 0.878. The van der Waals surface area contributed by atoms with Crippen LogP contribution in [-0.4, -0.2) is 10.9 Å². The Labute approximate surface area is 105 Å². The van der Waals surface area contributed by atoms with Gasteiger partial charge in [-0.1, -0.05) is 24.3 Å². The van der Waals surface area contributed by atoms with E-state index < -0.39 is 0 Å². The fraction of sp³-hybridized carbons (Fsp3) is 0.286. The molecule has 0 spiro atoms. The first kappa shape index (κ1) is 11.0. The van der Waals surface area contributed by atoms with Crippen molar-refractivity contribution in [3.8, 4) is 0 Å². The Morgan fingerprint density at radius 1 is 1.44 bits per heavy atom. The first-order valence-electron chi connectivity index (χ1n) is 5.98. The largest absolute Gasteiger partial charge is 0.451 e. The van der Waals surface area contributed by atoms with Crippen molar-refractivity contribution in [2.24, 2.45) is 0 Å². The number of nitrogens with one attached hydrogen (secondary N) is 1. The number of benzene rings is 1. The van der Waals surface area contributed by atoms with Gasteiger partial charge in [-0.25, -0.2) is 4.98 Å². The molecular weight excluding hydrogens is 228 g/mol. The van der Waals surface area contributed by atoms with E-state index in [2.05, 4.69) is 29.4 Å². The Balaban J connectivity index is 1.87. The maximum atomic E-state index is 12.0. The Morgan fingerprint density at radius 2 is 2.28 bits per heavy atom. The normalized spacial score (nSPS) is 21.6. The zero-order valence-corrected chi connectivity index (χ0v) is 10.1. The molecule has 2 aromatic rings. The monoisotopic (exact) mass is 242 g/mol. The topological polar surface area (TPSA) is 55.1 Å². The molecule has 1 N–H and O–H groups in total. The molecule has 1 unspecified atom stereocenters. The number of nitrogens with zero attached hydrogens (tertiary/aromatic N) is 1. The molecule has 1 atom stereocenters. The van der Waals surface area contributed by atoms with Crippen molar-refractivity contribution < 1.29 is 9.21 Å². The highest BCUT2D eigenvalue weighted by atomic mass is 16.3. The minimum absolute atomic E-state index is 0.192. The number of carbonyl (C=O) groups excluding carboxylic acids is 1. The average Bonchev–Trinajstić information content (AvgIpc) is 2.99. The van der Waals surface area contributed by atoms with Gasteiger partial charge in [0, 0.05) is 0 Å². The number of aromatic nitrogens is 1. The summed E-state index contributed by atoms with van der Waals surface area (Å²) in [6.07, 6.45) is 4.53. The van der Waals surface area contributed by atoms with E-state index in [4.69, 9.17) is 4.42 Å². The molecule has 1 aromatic carbocycles. The molecule has 0 saturated carbocycles. The number of hydrogen-bond donors (Lipinski definition) is 1. The van der Waals surface area contributed by atoms with Gasteiger partial charge < -0.3 is 9.73 Å². The first-order chi connectivity index (χ1) is 8.69. The summed E-state index contributed by atoms with van der Waals surface area (Å²) < 4.78 is 4.83. The third-order valence-electron chi connectivity index (χ3n) is 3.56. The number of fused-ring (bicyclic) bond motifs is 1. The molecule has 0 bridgehead atoms. The minimum atomic E-state index is -0.313. The van der Waals surface area contributed by atoms with Gasteiger partial charge in [0.25, 0.3) is 5.91 Å². The van der Waals surface area contributed by atoms with Crippen LogP contribution in [0, 0.1) is 0 Å². The summed E-state index contributed by atoms with van der Waals surface area (Å²) in [5.41, 5.74) is 2.51. The highest BCUT2D eigenvalue weighted by molar-refractivity contribution is 5.92. The van der Waals surface area contributed by atoms with Gasteiger partial charge in [0.2, 0.25) is 0 Å². The number of aryl methyl sites for hydroxylation is 1. The molecule has 0 radical (unpaired) electrons. The van der Waals surface area contributed by atoms with E-state index >= 15 is 0 Å². The number of rotatable bonds is 2. The van der Waals surface area contributed by atoms with Gasteiger partial charge in [-0.15, -0.1) is 0 Å². The van der Waals surface area contributed by atoms with Crippen LogP contribution in [0.25, 0.3) is 0 Å². The summed E-state index contributed by atoms with van der Waals surface area (Å²) in [6.45, 7) is 2.05. The van der Waals surface area contributed by atoms with Gasteiger partial charge in [-0.05, 0) is 30.9 Å². The SMILES string of the molecule is CC1(NC(=O)c2cocn2)CCc2ccccc21. The molecule has 1 heterocycles. The van der Waals surface area contributed by atoms with Crippen molar-refractivity contribution >= 4 is 5.91 Å². The third-order valence-corrected chi connectivity index (χ3v) is 3.56. The van der Waals surface area contributed by atoms with Crippen molar-refractivity contribution in [3.05, 3.63) is 53.7 Å². The number of oxazole rings is 1. The molecule has 4 nitrogen and oxygen atoms in total. The summed E-state index contributed by atoms with van der Waals surface area (Å²) in [7, 11) is 0. The molecule has 1 amide bonds. The molecule has 0 saturated heterocycles. The van der Waals surface area contributed by atoms with Crippen molar-refractivity contribution in [3.63, 3.8) is 0 Å². The fourth-order valence-electron chi connectivity index (χ4n) is 2.57. The van der Waals surface area contributed by atoms with E-state index in [-0.39, 0.29) is 11.4 Å². The van der Waals surface area contributed by atoms with E-state index in [1.807, 2.05) is 12.1 Å². The molecule has 18 heavy (non-hydrogen) atoms. The minimum Gasteiger partial charge on any atom is -0.451 e. The fourth-order valence-corrected chi connectivity index (χ4v) is 2.57. The van der Waals surface area contributed by atoms with Crippen LogP contribution in [0.1, 0.15) is 35.0 Å². The second-order valence-electron chi connectivity index (χ2n) is 4.82. The van der Waals surface area contributed by atoms with Gasteiger partial charge in [0.05, 0.1) is 5.54 Å². The number of carbonyl (C=O) groups is 1. The van der Waals surface area contributed by atoms with E-state index in [0.29, 0.717) is 5.69 Å². The molecule has 3 rings (SSSR count). The molecule has 1 aliphatic carbocycles. The van der Waals surface area contributed by atoms with Gasteiger partial charge >= 0.3 is 0 Å². The molecule has 0 aliphatic heterocycles. The van der Waals surface area contributed by atoms with Crippen LogP contribution in [0.3, 0.4) is 0 Å². The van der Waals surface area contributed by atoms with E-state index in [1.54, 1.807) is 0 Å². The van der Waals surface area contributed by atoms with Crippen molar-refractivity contribution in [1.82, 2.24) is 10.3 Å². The Kier molecular flexibility index (Phi) is 2.44.